The molecule has 1 unspecified atom stereocenters. The third-order valence-electron chi connectivity index (χ3n) is 6.01. The van der Waals surface area contributed by atoms with E-state index in [4.69, 9.17) is 0 Å². The summed E-state index contributed by atoms with van der Waals surface area (Å²) in [7, 11) is 1.95. The zero-order valence-electron chi connectivity index (χ0n) is 18.9. The summed E-state index contributed by atoms with van der Waals surface area (Å²) in [5.41, 5.74) is 3.21. The summed E-state index contributed by atoms with van der Waals surface area (Å²) in [6.07, 6.45) is 4.13. The van der Waals surface area contributed by atoms with Gasteiger partial charge in [0.15, 0.2) is 0 Å². The first-order valence-corrected chi connectivity index (χ1v) is 10.5. The van der Waals surface area contributed by atoms with Crippen molar-refractivity contribution in [1.29, 1.82) is 0 Å². The number of rotatable bonds is 6. The highest BCUT2D eigenvalue weighted by Gasteiger charge is 2.42. The van der Waals surface area contributed by atoms with E-state index < -0.39 is 0 Å². The molecule has 2 heterocycles. The molecular weight excluding hydrogens is 336 g/mol. The number of nitrogens with zero attached hydrogens (tertiary/aromatic N) is 3. The predicted octanol–water partition coefficient (Wildman–Crippen LogP) is 4.08. The Morgan fingerprint density at radius 2 is 1.81 bits per heavy atom. The zero-order chi connectivity index (χ0) is 20.6. The molecule has 0 aromatic carbocycles. The maximum Gasteiger partial charge on any atom is 0.230 e. The Labute approximate surface area is 165 Å². The van der Waals surface area contributed by atoms with Crippen LogP contribution in [0.1, 0.15) is 90.1 Å². The number of unbranched alkanes of at least 4 members (excludes halogenated alkanes) is 1. The maximum atomic E-state index is 13.7. The normalized spacial score (nSPS) is 20.5. The van der Waals surface area contributed by atoms with Crippen LogP contribution < -0.4 is 5.32 Å². The van der Waals surface area contributed by atoms with Gasteiger partial charge in [0.05, 0.1) is 11.6 Å². The molecule has 0 saturated carbocycles. The van der Waals surface area contributed by atoms with E-state index in [-0.39, 0.29) is 28.9 Å². The molecule has 0 spiro atoms. The van der Waals surface area contributed by atoms with Crippen molar-refractivity contribution in [2.45, 2.75) is 104 Å². The second kappa shape index (κ2) is 7.94. The lowest BCUT2D eigenvalue weighted by molar-refractivity contribution is -0.136. The molecule has 2 rings (SSSR count). The number of carbonyl (C=O) groups is 1. The summed E-state index contributed by atoms with van der Waals surface area (Å²) in [6.45, 7) is 18.2. The van der Waals surface area contributed by atoms with Crippen LogP contribution in [-0.2, 0) is 11.8 Å². The molecule has 1 atom stereocenters. The van der Waals surface area contributed by atoms with Crippen molar-refractivity contribution in [3.8, 4) is 0 Å². The van der Waals surface area contributed by atoms with Crippen LogP contribution in [0.4, 0.5) is 0 Å². The number of aromatic nitrogens is 2. The minimum absolute atomic E-state index is 0.0283. The molecule has 5 heteroatoms. The first-order chi connectivity index (χ1) is 12.4. The van der Waals surface area contributed by atoms with Crippen molar-refractivity contribution >= 4 is 5.91 Å². The first-order valence-electron chi connectivity index (χ1n) is 10.5. The van der Waals surface area contributed by atoms with Crippen LogP contribution in [0.25, 0.3) is 0 Å². The van der Waals surface area contributed by atoms with E-state index >= 15 is 0 Å². The molecule has 1 aliphatic rings. The van der Waals surface area contributed by atoms with Crippen molar-refractivity contribution in [2.24, 2.45) is 7.05 Å². The first kappa shape index (κ1) is 21.9. The Kier molecular flexibility index (Phi) is 6.45. The monoisotopic (exact) mass is 376 g/mol. The molecule has 1 aromatic heterocycles. The van der Waals surface area contributed by atoms with Gasteiger partial charge in [0, 0.05) is 42.0 Å². The summed E-state index contributed by atoms with van der Waals surface area (Å²) in [5, 5.41) is 8.27. The summed E-state index contributed by atoms with van der Waals surface area (Å²) >= 11 is 0. The van der Waals surface area contributed by atoms with E-state index in [0.29, 0.717) is 0 Å². The van der Waals surface area contributed by atoms with Gasteiger partial charge < -0.3 is 10.2 Å². The molecule has 1 amide bonds. The Balaban J connectivity index is 2.33. The fraction of sp³-hybridized carbons (Fsp3) is 0.818. The minimum atomic E-state index is -0.156. The molecule has 0 aliphatic carbocycles. The summed E-state index contributed by atoms with van der Waals surface area (Å²) in [4.78, 5) is 15.8. The predicted molar refractivity (Wildman–Crippen MR) is 112 cm³/mol. The van der Waals surface area contributed by atoms with Crippen molar-refractivity contribution in [1.82, 2.24) is 20.0 Å². The molecule has 0 bridgehead atoms. The van der Waals surface area contributed by atoms with Gasteiger partial charge in [0.2, 0.25) is 5.91 Å². The zero-order valence-corrected chi connectivity index (χ0v) is 18.9. The van der Waals surface area contributed by atoms with Gasteiger partial charge in [-0.05, 0) is 67.7 Å². The highest BCUT2D eigenvalue weighted by Crippen LogP contribution is 2.34. The highest BCUT2D eigenvalue weighted by atomic mass is 16.2. The van der Waals surface area contributed by atoms with Gasteiger partial charge in [0.25, 0.3) is 0 Å². The molecule has 1 N–H and O–H groups in total. The molecule has 27 heavy (non-hydrogen) atoms. The molecule has 1 saturated heterocycles. The standard InChI is InChI=1S/C22H40N4O/c1-10-11-12-26(18-13-21(5,6)24-22(7,8)14-18)20(27)15(2)19-16(3)23-25(9)17(19)4/h15,18,24H,10-14H2,1-9H3. The quantitative estimate of drug-likeness (QED) is 0.814. The lowest BCUT2D eigenvalue weighted by Gasteiger charge is -2.50. The Morgan fingerprint density at radius 3 is 2.26 bits per heavy atom. The number of aryl methyl sites for hydroxylation is 2. The van der Waals surface area contributed by atoms with E-state index in [1.807, 2.05) is 18.7 Å². The van der Waals surface area contributed by atoms with Crippen LogP contribution in [0.5, 0.6) is 0 Å². The van der Waals surface area contributed by atoms with Crippen LogP contribution >= 0.6 is 0 Å². The lowest BCUT2D eigenvalue weighted by Crippen LogP contribution is -2.63. The van der Waals surface area contributed by atoms with Gasteiger partial charge in [0.1, 0.15) is 0 Å². The molecule has 1 aromatic rings. The third kappa shape index (κ3) is 4.92. The Bertz CT molecular complexity index is 658. The van der Waals surface area contributed by atoms with Gasteiger partial charge >= 0.3 is 0 Å². The molecule has 1 fully saturated rings. The molecule has 5 nitrogen and oxygen atoms in total. The fourth-order valence-electron chi connectivity index (χ4n) is 5.08. The molecule has 0 radical (unpaired) electrons. The van der Waals surface area contributed by atoms with E-state index in [9.17, 15) is 4.79 Å². The average Bonchev–Trinajstić information content (AvgIpc) is 2.76. The summed E-state index contributed by atoms with van der Waals surface area (Å²) < 4.78 is 1.89. The largest absolute Gasteiger partial charge is 0.339 e. The van der Waals surface area contributed by atoms with Crippen LogP contribution in [-0.4, -0.2) is 44.3 Å². The van der Waals surface area contributed by atoms with E-state index in [1.165, 1.54) is 0 Å². The number of hydrogen-bond acceptors (Lipinski definition) is 3. The SMILES string of the molecule is CCCCN(C(=O)C(C)c1c(C)nn(C)c1C)C1CC(C)(C)NC(C)(C)C1. The van der Waals surface area contributed by atoms with Crippen molar-refractivity contribution in [3.05, 3.63) is 17.0 Å². The third-order valence-corrected chi connectivity index (χ3v) is 6.01. The second-order valence-electron chi connectivity index (χ2n) is 9.77. The van der Waals surface area contributed by atoms with E-state index in [0.717, 1.165) is 49.2 Å². The average molecular weight is 377 g/mol. The number of nitrogens with one attached hydrogen (secondary N) is 1. The smallest absolute Gasteiger partial charge is 0.230 e. The summed E-state index contributed by atoms with van der Waals surface area (Å²) in [5.74, 6) is 0.0952. The number of hydrogen-bond donors (Lipinski definition) is 1. The molecular formula is C22H40N4O. The highest BCUT2D eigenvalue weighted by molar-refractivity contribution is 5.84. The summed E-state index contributed by atoms with van der Waals surface area (Å²) in [6, 6.07) is 0.273. The Hall–Kier alpha value is -1.36. The topological polar surface area (TPSA) is 50.2 Å². The van der Waals surface area contributed by atoms with Crippen LogP contribution in [0.2, 0.25) is 0 Å². The van der Waals surface area contributed by atoms with Gasteiger partial charge in [-0.1, -0.05) is 13.3 Å². The number of amides is 1. The molecule has 154 valence electrons. The minimum Gasteiger partial charge on any atom is -0.339 e. The molecule has 1 aliphatic heterocycles. The maximum absolute atomic E-state index is 13.7. The van der Waals surface area contributed by atoms with Crippen LogP contribution in [0.15, 0.2) is 0 Å². The van der Waals surface area contributed by atoms with Gasteiger partial charge in [-0.3, -0.25) is 9.48 Å². The number of piperidine rings is 1. The van der Waals surface area contributed by atoms with E-state index in [1.54, 1.807) is 0 Å². The second-order valence-corrected chi connectivity index (χ2v) is 9.77. The van der Waals surface area contributed by atoms with Gasteiger partial charge in [-0.15, -0.1) is 0 Å². The number of carbonyl (C=O) groups excluding carboxylic acids is 1. The van der Waals surface area contributed by atoms with E-state index in [2.05, 4.69) is 63.8 Å². The van der Waals surface area contributed by atoms with Crippen molar-refractivity contribution in [3.63, 3.8) is 0 Å². The van der Waals surface area contributed by atoms with Crippen LogP contribution in [0.3, 0.4) is 0 Å². The fourth-order valence-corrected chi connectivity index (χ4v) is 5.08. The van der Waals surface area contributed by atoms with Gasteiger partial charge in [-0.2, -0.15) is 5.10 Å². The van der Waals surface area contributed by atoms with Gasteiger partial charge in [-0.25, -0.2) is 0 Å². The van der Waals surface area contributed by atoms with Crippen molar-refractivity contribution in [2.75, 3.05) is 6.54 Å². The Morgan fingerprint density at radius 1 is 1.26 bits per heavy atom. The van der Waals surface area contributed by atoms with Crippen LogP contribution in [0, 0.1) is 13.8 Å². The van der Waals surface area contributed by atoms with Crippen molar-refractivity contribution < 1.29 is 4.79 Å². The lowest BCUT2D eigenvalue weighted by atomic mass is 9.78.